The summed E-state index contributed by atoms with van der Waals surface area (Å²) in [7, 11) is 1.90. The largest absolute Gasteiger partial charge is 0.351 e. The van der Waals surface area contributed by atoms with Gasteiger partial charge in [0.1, 0.15) is 5.69 Å². The first kappa shape index (κ1) is 14.4. The van der Waals surface area contributed by atoms with Gasteiger partial charge in [-0.25, -0.2) is 0 Å². The molecule has 1 aromatic carbocycles. The van der Waals surface area contributed by atoms with E-state index in [-0.39, 0.29) is 5.91 Å². The molecule has 20 heavy (non-hydrogen) atoms. The van der Waals surface area contributed by atoms with Gasteiger partial charge >= 0.3 is 0 Å². The third kappa shape index (κ3) is 3.29. The van der Waals surface area contributed by atoms with Crippen molar-refractivity contribution in [2.45, 2.75) is 20.8 Å². The number of aromatic nitrogens is 1. The third-order valence-electron chi connectivity index (χ3n) is 3.29. The van der Waals surface area contributed by atoms with Gasteiger partial charge in [0.25, 0.3) is 5.91 Å². The first-order chi connectivity index (χ1) is 9.47. The van der Waals surface area contributed by atoms with E-state index in [4.69, 9.17) is 0 Å². The fraction of sp³-hybridized carbons (Fsp3) is 0.353. The molecule has 0 fully saturated rings. The summed E-state index contributed by atoms with van der Waals surface area (Å²) in [5.74, 6) is 0.440. The van der Waals surface area contributed by atoms with Crippen molar-refractivity contribution in [3.8, 4) is 11.1 Å². The average Bonchev–Trinajstić information content (AvgIpc) is 2.79. The third-order valence-corrected chi connectivity index (χ3v) is 3.29. The summed E-state index contributed by atoms with van der Waals surface area (Å²) in [4.78, 5) is 12.1. The molecule has 0 atom stereocenters. The SMILES string of the molecule is Cc1ccc(-c2cc(C(=O)NCC(C)C)n(C)c2)cc1. The second-order valence-electron chi connectivity index (χ2n) is 5.69. The van der Waals surface area contributed by atoms with Crippen LogP contribution in [0.3, 0.4) is 0 Å². The van der Waals surface area contributed by atoms with E-state index >= 15 is 0 Å². The maximum Gasteiger partial charge on any atom is 0.267 e. The maximum absolute atomic E-state index is 12.1. The topological polar surface area (TPSA) is 34.0 Å². The monoisotopic (exact) mass is 270 g/mol. The number of nitrogens with zero attached hydrogens (tertiary/aromatic N) is 1. The van der Waals surface area contributed by atoms with Crippen molar-refractivity contribution in [1.29, 1.82) is 0 Å². The number of benzene rings is 1. The predicted molar refractivity (Wildman–Crippen MR) is 82.8 cm³/mol. The fourth-order valence-electron chi connectivity index (χ4n) is 2.08. The van der Waals surface area contributed by atoms with Gasteiger partial charge in [0, 0.05) is 25.4 Å². The molecule has 1 amide bonds. The number of aryl methyl sites for hydroxylation is 2. The molecule has 0 aliphatic carbocycles. The van der Waals surface area contributed by atoms with Crippen LogP contribution in [0.1, 0.15) is 29.9 Å². The Labute approximate surface area is 120 Å². The molecule has 0 unspecified atom stereocenters. The molecule has 0 aliphatic rings. The minimum absolute atomic E-state index is 0.0143. The van der Waals surface area contributed by atoms with Gasteiger partial charge in [-0.3, -0.25) is 4.79 Å². The highest BCUT2D eigenvalue weighted by Crippen LogP contribution is 2.22. The summed E-state index contributed by atoms with van der Waals surface area (Å²) >= 11 is 0. The lowest BCUT2D eigenvalue weighted by Crippen LogP contribution is -2.28. The van der Waals surface area contributed by atoms with E-state index in [2.05, 4.69) is 50.4 Å². The Kier molecular flexibility index (Phi) is 4.28. The van der Waals surface area contributed by atoms with Crippen molar-refractivity contribution in [2.75, 3.05) is 6.54 Å². The summed E-state index contributed by atoms with van der Waals surface area (Å²) in [6.07, 6.45) is 1.99. The number of carbonyl (C=O) groups excluding carboxylic acids is 1. The Morgan fingerprint density at radius 1 is 1.20 bits per heavy atom. The molecule has 0 saturated carbocycles. The van der Waals surface area contributed by atoms with Crippen LogP contribution in [0.15, 0.2) is 36.5 Å². The molecule has 0 spiro atoms. The molecule has 2 aromatic rings. The van der Waals surface area contributed by atoms with E-state index in [1.54, 1.807) is 0 Å². The molecular weight excluding hydrogens is 248 g/mol. The number of hydrogen-bond donors (Lipinski definition) is 1. The molecule has 1 aromatic heterocycles. The fourth-order valence-corrected chi connectivity index (χ4v) is 2.08. The van der Waals surface area contributed by atoms with Gasteiger partial charge in [0.15, 0.2) is 0 Å². The molecular formula is C17H22N2O. The summed E-state index contributed by atoms with van der Waals surface area (Å²) in [6, 6.07) is 10.3. The highest BCUT2D eigenvalue weighted by Gasteiger charge is 2.12. The lowest BCUT2D eigenvalue weighted by atomic mass is 10.1. The van der Waals surface area contributed by atoms with Crippen LogP contribution in [-0.4, -0.2) is 17.0 Å². The maximum atomic E-state index is 12.1. The minimum atomic E-state index is -0.0143. The summed E-state index contributed by atoms with van der Waals surface area (Å²) in [6.45, 7) is 6.94. The molecule has 3 heteroatoms. The molecule has 1 N–H and O–H groups in total. The Bertz CT molecular complexity index is 594. The van der Waals surface area contributed by atoms with Gasteiger partial charge < -0.3 is 9.88 Å². The number of rotatable bonds is 4. The predicted octanol–water partition coefficient (Wildman–Crippen LogP) is 3.39. The number of nitrogens with one attached hydrogen (secondary N) is 1. The molecule has 3 nitrogen and oxygen atoms in total. The highest BCUT2D eigenvalue weighted by molar-refractivity contribution is 5.94. The van der Waals surface area contributed by atoms with Gasteiger partial charge in [-0.15, -0.1) is 0 Å². The summed E-state index contributed by atoms with van der Waals surface area (Å²) < 4.78 is 1.88. The van der Waals surface area contributed by atoms with Crippen LogP contribution < -0.4 is 5.32 Å². The quantitative estimate of drug-likeness (QED) is 0.908. The first-order valence-corrected chi connectivity index (χ1v) is 6.99. The van der Waals surface area contributed by atoms with Gasteiger partial charge in [-0.05, 0) is 24.5 Å². The van der Waals surface area contributed by atoms with Gasteiger partial charge in [-0.1, -0.05) is 43.7 Å². The molecule has 0 saturated heterocycles. The van der Waals surface area contributed by atoms with Crippen LogP contribution in [0.25, 0.3) is 11.1 Å². The number of amides is 1. The van der Waals surface area contributed by atoms with Crippen molar-refractivity contribution in [3.05, 3.63) is 47.8 Å². The van der Waals surface area contributed by atoms with Crippen molar-refractivity contribution < 1.29 is 4.79 Å². The van der Waals surface area contributed by atoms with Crippen LogP contribution in [0, 0.1) is 12.8 Å². The Morgan fingerprint density at radius 3 is 2.45 bits per heavy atom. The zero-order valence-electron chi connectivity index (χ0n) is 12.6. The van der Waals surface area contributed by atoms with E-state index in [9.17, 15) is 4.79 Å². The molecule has 1 heterocycles. The van der Waals surface area contributed by atoms with Crippen LogP contribution in [0.4, 0.5) is 0 Å². The zero-order valence-corrected chi connectivity index (χ0v) is 12.6. The van der Waals surface area contributed by atoms with Crippen molar-refractivity contribution in [1.82, 2.24) is 9.88 Å². The molecule has 2 rings (SSSR count). The Morgan fingerprint density at radius 2 is 1.85 bits per heavy atom. The van der Waals surface area contributed by atoms with Gasteiger partial charge in [-0.2, -0.15) is 0 Å². The lowest BCUT2D eigenvalue weighted by molar-refractivity contribution is 0.0941. The van der Waals surface area contributed by atoms with Gasteiger partial charge in [0.05, 0.1) is 0 Å². The van der Waals surface area contributed by atoms with E-state index in [0.717, 1.165) is 11.1 Å². The van der Waals surface area contributed by atoms with Crippen LogP contribution in [0.5, 0.6) is 0 Å². The zero-order chi connectivity index (χ0) is 14.7. The van der Waals surface area contributed by atoms with Gasteiger partial charge in [0.2, 0.25) is 0 Å². The van der Waals surface area contributed by atoms with Crippen molar-refractivity contribution in [2.24, 2.45) is 13.0 Å². The first-order valence-electron chi connectivity index (χ1n) is 6.99. The summed E-state index contributed by atoms with van der Waals surface area (Å²) in [5, 5.41) is 2.95. The van der Waals surface area contributed by atoms with E-state index in [0.29, 0.717) is 18.2 Å². The standard InChI is InChI=1S/C17H22N2O/c1-12(2)10-18-17(20)16-9-15(11-19(16)4)14-7-5-13(3)6-8-14/h5-9,11-12H,10H2,1-4H3,(H,18,20). The number of carbonyl (C=O) groups is 1. The highest BCUT2D eigenvalue weighted by atomic mass is 16.1. The average molecular weight is 270 g/mol. The summed E-state index contributed by atoms with van der Waals surface area (Å²) in [5.41, 5.74) is 4.14. The second-order valence-corrected chi connectivity index (χ2v) is 5.69. The minimum Gasteiger partial charge on any atom is -0.351 e. The molecule has 0 aliphatic heterocycles. The number of hydrogen-bond acceptors (Lipinski definition) is 1. The van der Waals surface area contributed by atoms with Crippen molar-refractivity contribution >= 4 is 5.91 Å². The Balaban J connectivity index is 2.21. The normalized spacial score (nSPS) is 10.8. The van der Waals surface area contributed by atoms with Crippen LogP contribution in [0.2, 0.25) is 0 Å². The van der Waals surface area contributed by atoms with E-state index in [1.807, 2.05) is 23.9 Å². The second kappa shape index (κ2) is 5.95. The van der Waals surface area contributed by atoms with Crippen molar-refractivity contribution in [3.63, 3.8) is 0 Å². The van der Waals surface area contributed by atoms with Crippen LogP contribution >= 0.6 is 0 Å². The lowest BCUT2D eigenvalue weighted by Gasteiger charge is -2.07. The van der Waals surface area contributed by atoms with E-state index in [1.165, 1.54) is 5.56 Å². The molecule has 0 bridgehead atoms. The Hall–Kier alpha value is -2.03. The smallest absolute Gasteiger partial charge is 0.267 e. The molecule has 0 radical (unpaired) electrons. The van der Waals surface area contributed by atoms with E-state index < -0.39 is 0 Å². The van der Waals surface area contributed by atoms with Crippen LogP contribution in [-0.2, 0) is 7.05 Å². The molecule has 106 valence electrons.